The van der Waals surface area contributed by atoms with Crippen LogP contribution in [-0.2, 0) is 0 Å². The van der Waals surface area contributed by atoms with E-state index in [0.717, 1.165) is 12.1 Å². The van der Waals surface area contributed by atoms with E-state index < -0.39 is 24.0 Å². The van der Waals surface area contributed by atoms with Gasteiger partial charge < -0.3 is 5.11 Å². The first kappa shape index (κ1) is 17.1. The third-order valence-electron chi connectivity index (χ3n) is 2.33. The molecule has 0 fully saturated rings. The molecule has 0 saturated heterocycles. The molecule has 1 aromatic rings. The van der Waals surface area contributed by atoms with E-state index in [4.69, 9.17) is 28.3 Å². The van der Waals surface area contributed by atoms with Crippen molar-refractivity contribution >= 4 is 29.3 Å². The highest BCUT2D eigenvalue weighted by molar-refractivity contribution is 6.35. The Balaban J connectivity index is 3.24. The van der Waals surface area contributed by atoms with Crippen LogP contribution in [0.4, 0.5) is 26.3 Å². The summed E-state index contributed by atoms with van der Waals surface area (Å²) in [5, 5.41) is 8.89. The molecule has 20 heavy (non-hydrogen) atoms. The highest BCUT2D eigenvalue weighted by Crippen LogP contribution is 2.44. The monoisotopic (exact) mass is 338 g/mol. The molecule has 1 N–H and O–H groups in total. The minimum atomic E-state index is -5.92. The highest BCUT2D eigenvalue weighted by Gasteiger charge is 2.68. The Bertz CT molecular complexity index is 507. The lowest BCUT2D eigenvalue weighted by molar-refractivity contribution is -0.347. The maximum atomic E-state index is 12.4. The van der Waals surface area contributed by atoms with Gasteiger partial charge in [0.05, 0.1) is 0 Å². The van der Waals surface area contributed by atoms with Crippen LogP contribution >= 0.6 is 23.2 Å². The Kier molecular flexibility index (Phi) is 4.68. The molecule has 9 heteroatoms. The van der Waals surface area contributed by atoms with E-state index in [1.807, 2.05) is 0 Å². The van der Waals surface area contributed by atoms with Crippen molar-refractivity contribution in [1.82, 2.24) is 0 Å². The third kappa shape index (κ3) is 3.39. The number of benzene rings is 1. The normalized spacial score (nSPS) is 14.1. The van der Waals surface area contributed by atoms with Crippen molar-refractivity contribution in [3.8, 4) is 0 Å². The summed E-state index contributed by atoms with van der Waals surface area (Å²) in [5.74, 6) is 0. The second-order valence-corrected chi connectivity index (χ2v) is 4.60. The fourth-order valence-electron chi connectivity index (χ4n) is 1.20. The molecule has 0 atom stereocenters. The fraction of sp³-hybridized carbons (Fsp3) is 0.273. The summed E-state index contributed by atoms with van der Waals surface area (Å²) in [5.41, 5.74) is -5.11. The maximum Gasteiger partial charge on any atom is 0.430 e. The first-order valence-corrected chi connectivity index (χ1v) is 5.64. The minimum absolute atomic E-state index is 0.150. The Morgan fingerprint density at radius 2 is 1.45 bits per heavy atom. The molecule has 1 nitrogen and oxygen atoms in total. The largest absolute Gasteiger partial charge is 0.430 e. The van der Waals surface area contributed by atoms with Crippen molar-refractivity contribution in [3.05, 3.63) is 39.9 Å². The van der Waals surface area contributed by atoms with Crippen molar-refractivity contribution in [2.24, 2.45) is 0 Å². The molecule has 0 aliphatic heterocycles. The van der Waals surface area contributed by atoms with Crippen LogP contribution in [0.15, 0.2) is 24.3 Å². The summed E-state index contributed by atoms with van der Waals surface area (Å²) in [7, 11) is 0. The molecule has 0 spiro atoms. The van der Waals surface area contributed by atoms with E-state index in [1.165, 1.54) is 6.07 Å². The molecule has 0 amide bonds. The average Bonchev–Trinajstić information content (AvgIpc) is 2.24. The van der Waals surface area contributed by atoms with Gasteiger partial charge in [-0.3, -0.25) is 0 Å². The van der Waals surface area contributed by atoms with Crippen LogP contribution in [0.5, 0.6) is 0 Å². The number of aliphatic hydroxyl groups is 1. The highest BCUT2D eigenvalue weighted by atomic mass is 35.5. The molecule has 1 aromatic carbocycles. The van der Waals surface area contributed by atoms with Gasteiger partial charge in [-0.2, -0.15) is 26.3 Å². The summed E-state index contributed by atoms with van der Waals surface area (Å²) < 4.78 is 74.4. The molecule has 112 valence electrons. The maximum absolute atomic E-state index is 12.4. The van der Waals surface area contributed by atoms with Gasteiger partial charge in [0, 0.05) is 10.0 Å². The Hall–Kier alpha value is -0.920. The van der Waals surface area contributed by atoms with Crippen molar-refractivity contribution in [3.63, 3.8) is 0 Å². The van der Waals surface area contributed by atoms with Crippen LogP contribution in [-0.4, -0.2) is 23.1 Å². The van der Waals surface area contributed by atoms with Gasteiger partial charge in [-0.05, 0) is 23.8 Å². The molecular formula is C11H6Cl2F6O. The Morgan fingerprint density at radius 3 is 1.85 bits per heavy atom. The molecule has 0 bridgehead atoms. The molecule has 0 radical (unpaired) electrons. The van der Waals surface area contributed by atoms with Gasteiger partial charge in [0.15, 0.2) is 0 Å². The summed E-state index contributed by atoms with van der Waals surface area (Å²) in [6.07, 6.45) is -11.8. The van der Waals surface area contributed by atoms with Gasteiger partial charge in [-0.1, -0.05) is 35.3 Å². The van der Waals surface area contributed by atoms with Crippen LogP contribution in [0.2, 0.25) is 10.0 Å². The lowest BCUT2D eigenvalue weighted by Crippen LogP contribution is -2.55. The molecule has 0 saturated carbocycles. The standard InChI is InChI=1S/C11H6Cl2F6O/c12-7-2-1-6(8(13)5-7)3-4-9(20,10(14,15)16)11(17,18)19/h1-5,20H/b4-3+. The summed E-state index contributed by atoms with van der Waals surface area (Å²) in [4.78, 5) is 0. The number of hydrogen-bond donors (Lipinski definition) is 1. The lowest BCUT2D eigenvalue weighted by Gasteiger charge is -2.29. The third-order valence-corrected chi connectivity index (χ3v) is 2.89. The number of hydrogen-bond acceptors (Lipinski definition) is 1. The van der Waals surface area contributed by atoms with Crippen LogP contribution in [0.3, 0.4) is 0 Å². The van der Waals surface area contributed by atoms with E-state index in [1.54, 1.807) is 0 Å². The van der Waals surface area contributed by atoms with Crippen molar-refractivity contribution < 1.29 is 31.4 Å². The van der Waals surface area contributed by atoms with Crippen LogP contribution in [0.1, 0.15) is 5.56 Å². The van der Waals surface area contributed by atoms with Gasteiger partial charge in [0.25, 0.3) is 5.60 Å². The lowest BCUT2D eigenvalue weighted by atomic mass is 10.0. The smallest absolute Gasteiger partial charge is 0.370 e. The van der Waals surface area contributed by atoms with E-state index >= 15 is 0 Å². The van der Waals surface area contributed by atoms with Crippen molar-refractivity contribution in [1.29, 1.82) is 0 Å². The van der Waals surface area contributed by atoms with Crippen molar-refractivity contribution in [2.75, 3.05) is 0 Å². The van der Waals surface area contributed by atoms with E-state index in [0.29, 0.717) is 6.08 Å². The predicted molar refractivity (Wildman–Crippen MR) is 62.6 cm³/mol. The van der Waals surface area contributed by atoms with Gasteiger partial charge in [0.1, 0.15) is 0 Å². The summed E-state index contributed by atoms with van der Waals surface area (Å²) in [6.45, 7) is 0. The first-order valence-electron chi connectivity index (χ1n) is 4.88. The van der Waals surface area contributed by atoms with Gasteiger partial charge >= 0.3 is 12.4 Å². The fourth-order valence-corrected chi connectivity index (χ4v) is 1.67. The topological polar surface area (TPSA) is 20.2 Å². The van der Waals surface area contributed by atoms with E-state index in [9.17, 15) is 26.3 Å². The predicted octanol–water partition coefficient (Wildman–Crippen LogP) is 4.86. The molecule has 1 rings (SSSR count). The molecule has 0 unspecified atom stereocenters. The molecule has 0 aromatic heterocycles. The zero-order chi connectivity index (χ0) is 15.8. The van der Waals surface area contributed by atoms with Crippen molar-refractivity contribution in [2.45, 2.75) is 18.0 Å². The number of rotatable bonds is 2. The minimum Gasteiger partial charge on any atom is -0.370 e. The second-order valence-electron chi connectivity index (χ2n) is 3.76. The summed E-state index contributed by atoms with van der Waals surface area (Å²) >= 11 is 11.1. The number of halogens is 8. The summed E-state index contributed by atoms with van der Waals surface area (Å²) in [6, 6.07) is 3.49. The molecule has 0 heterocycles. The van der Waals surface area contributed by atoms with Crippen LogP contribution in [0, 0.1) is 0 Å². The second kappa shape index (κ2) is 5.46. The SMILES string of the molecule is OC(/C=C/c1ccc(Cl)cc1Cl)(C(F)(F)F)C(F)(F)F. The molecule has 0 aliphatic carbocycles. The zero-order valence-electron chi connectivity index (χ0n) is 9.36. The average molecular weight is 339 g/mol. The molecule has 0 aliphatic rings. The van der Waals surface area contributed by atoms with Gasteiger partial charge in [0.2, 0.25) is 0 Å². The van der Waals surface area contributed by atoms with E-state index in [-0.39, 0.29) is 15.6 Å². The molecular weight excluding hydrogens is 333 g/mol. The quantitative estimate of drug-likeness (QED) is 0.763. The Labute approximate surface area is 119 Å². The Morgan fingerprint density at radius 1 is 0.950 bits per heavy atom. The van der Waals surface area contributed by atoms with Gasteiger partial charge in [-0.25, -0.2) is 0 Å². The zero-order valence-corrected chi connectivity index (χ0v) is 10.9. The first-order chi connectivity index (χ1) is 8.88. The van der Waals surface area contributed by atoms with Crippen LogP contribution < -0.4 is 0 Å². The van der Waals surface area contributed by atoms with Crippen LogP contribution in [0.25, 0.3) is 6.08 Å². The number of alkyl halides is 6. The van der Waals surface area contributed by atoms with Gasteiger partial charge in [-0.15, -0.1) is 0 Å². The van der Waals surface area contributed by atoms with E-state index in [2.05, 4.69) is 0 Å².